The molecule has 0 aromatic heterocycles. The van der Waals surface area contributed by atoms with E-state index < -0.39 is 0 Å². The summed E-state index contributed by atoms with van der Waals surface area (Å²) in [5.41, 5.74) is 2.67. The number of carbonyl (C=O) groups is 2. The first-order valence-corrected chi connectivity index (χ1v) is 7.43. The van der Waals surface area contributed by atoms with Crippen LogP contribution in [-0.2, 0) is 11.2 Å². The summed E-state index contributed by atoms with van der Waals surface area (Å²) >= 11 is 0. The van der Waals surface area contributed by atoms with E-state index in [1.54, 1.807) is 4.90 Å². The highest BCUT2D eigenvalue weighted by Gasteiger charge is 2.27. The molecule has 2 heterocycles. The van der Waals surface area contributed by atoms with Crippen LogP contribution in [0.15, 0.2) is 18.2 Å². The van der Waals surface area contributed by atoms with Gasteiger partial charge in [0.1, 0.15) is 0 Å². The van der Waals surface area contributed by atoms with Crippen LogP contribution in [0.4, 0.5) is 5.69 Å². The van der Waals surface area contributed by atoms with E-state index in [4.69, 9.17) is 0 Å². The predicted molar refractivity (Wildman–Crippen MR) is 77.9 cm³/mol. The fraction of sp³-hybridized carbons (Fsp3) is 0.500. The topological polar surface area (TPSA) is 40.6 Å². The number of anilines is 1. The molecular weight excluding hydrogens is 252 g/mol. The molecule has 0 bridgehead atoms. The molecule has 0 spiro atoms. The van der Waals surface area contributed by atoms with E-state index in [9.17, 15) is 9.59 Å². The van der Waals surface area contributed by atoms with Crippen LogP contribution in [0.2, 0.25) is 0 Å². The second-order valence-electron chi connectivity index (χ2n) is 5.51. The number of piperidine rings is 1. The van der Waals surface area contributed by atoms with Gasteiger partial charge < -0.3 is 9.80 Å². The number of rotatable bonds is 2. The summed E-state index contributed by atoms with van der Waals surface area (Å²) in [6, 6.07) is 5.68. The standard InChI is InChI=1S/C16H20N2O2/c1-2-18-14-7-6-12(10-13(14)11-15(18)19)16(20)17-8-4-3-5-9-17/h6-7,10H,2-5,8-9,11H2,1H3. The van der Waals surface area contributed by atoms with Crippen LogP contribution in [0, 0.1) is 0 Å². The van der Waals surface area contributed by atoms with Gasteiger partial charge in [-0.25, -0.2) is 0 Å². The summed E-state index contributed by atoms with van der Waals surface area (Å²) in [5, 5.41) is 0. The quantitative estimate of drug-likeness (QED) is 0.828. The molecule has 0 saturated carbocycles. The lowest BCUT2D eigenvalue weighted by Gasteiger charge is -2.27. The van der Waals surface area contributed by atoms with Gasteiger partial charge in [0.2, 0.25) is 5.91 Å². The number of amides is 2. The van der Waals surface area contributed by atoms with E-state index in [0.717, 1.165) is 42.7 Å². The van der Waals surface area contributed by atoms with Crippen molar-refractivity contribution in [3.8, 4) is 0 Å². The van der Waals surface area contributed by atoms with Gasteiger partial charge in [0.05, 0.1) is 6.42 Å². The van der Waals surface area contributed by atoms with Crippen molar-refractivity contribution in [1.29, 1.82) is 0 Å². The van der Waals surface area contributed by atoms with Gasteiger partial charge >= 0.3 is 0 Å². The second-order valence-corrected chi connectivity index (χ2v) is 5.51. The van der Waals surface area contributed by atoms with E-state index in [2.05, 4.69) is 0 Å². The molecule has 1 aromatic rings. The lowest BCUT2D eigenvalue weighted by atomic mass is 10.1. The molecule has 0 radical (unpaired) electrons. The highest BCUT2D eigenvalue weighted by atomic mass is 16.2. The number of fused-ring (bicyclic) bond motifs is 1. The summed E-state index contributed by atoms with van der Waals surface area (Å²) in [6.07, 6.45) is 3.83. The average molecular weight is 272 g/mol. The first kappa shape index (κ1) is 13.2. The molecule has 4 heteroatoms. The first-order valence-electron chi connectivity index (χ1n) is 7.43. The van der Waals surface area contributed by atoms with E-state index in [1.807, 2.05) is 30.0 Å². The molecule has 0 N–H and O–H groups in total. The summed E-state index contributed by atoms with van der Waals surface area (Å²) in [7, 11) is 0. The van der Waals surface area contributed by atoms with E-state index in [0.29, 0.717) is 13.0 Å². The monoisotopic (exact) mass is 272 g/mol. The van der Waals surface area contributed by atoms with Crippen molar-refractivity contribution in [3.05, 3.63) is 29.3 Å². The minimum Gasteiger partial charge on any atom is -0.339 e. The van der Waals surface area contributed by atoms with E-state index >= 15 is 0 Å². The Balaban J connectivity index is 1.84. The fourth-order valence-corrected chi connectivity index (χ4v) is 3.14. The highest BCUT2D eigenvalue weighted by Crippen LogP contribution is 2.30. The normalized spacial score (nSPS) is 18.4. The third kappa shape index (κ3) is 2.19. The summed E-state index contributed by atoms with van der Waals surface area (Å²) < 4.78 is 0. The van der Waals surface area contributed by atoms with Gasteiger partial charge in [0.25, 0.3) is 5.91 Å². The third-order valence-electron chi connectivity index (χ3n) is 4.22. The molecule has 3 rings (SSSR count). The predicted octanol–water partition coefficient (Wildman–Crippen LogP) is 2.22. The van der Waals surface area contributed by atoms with Gasteiger partial charge in [-0.15, -0.1) is 0 Å². The first-order chi connectivity index (χ1) is 9.70. The number of hydrogen-bond acceptors (Lipinski definition) is 2. The SMILES string of the molecule is CCN1C(=O)Cc2cc(C(=O)N3CCCCC3)ccc21. The smallest absolute Gasteiger partial charge is 0.253 e. The van der Waals surface area contributed by atoms with Crippen molar-refractivity contribution in [3.63, 3.8) is 0 Å². The van der Waals surface area contributed by atoms with Crippen LogP contribution >= 0.6 is 0 Å². The van der Waals surface area contributed by atoms with Crippen LogP contribution in [-0.4, -0.2) is 36.3 Å². The molecule has 1 fully saturated rings. The molecule has 0 aliphatic carbocycles. The van der Waals surface area contributed by atoms with Gasteiger partial charge in [-0.3, -0.25) is 9.59 Å². The van der Waals surface area contributed by atoms with Crippen molar-refractivity contribution < 1.29 is 9.59 Å². The molecule has 20 heavy (non-hydrogen) atoms. The zero-order valence-electron chi connectivity index (χ0n) is 11.9. The number of carbonyl (C=O) groups excluding carboxylic acids is 2. The molecule has 2 amide bonds. The molecule has 0 unspecified atom stereocenters. The third-order valence-corrected chi connectivity index (χ3v) is 4.22. The number of benzene rings is 1. The minimum absolute atomic E-state index is 0.106. The van der Waals surface area contributed by atoms with Crippen molar-refractivity contribution in [2.24, 2.45) is 0 Å². The Labute approximate surface area is 119 Å². The largest absolute Gasteiger partial charge is 0.339 e. The Kier molecular flexibility index (Phi) is 3.47. The second kappa shape index (κ2) is 5.27. The minimum atomic E-state index is 0.106. The number of nitrogens with zero attached hydrogens (tertiary/aromatic N) is 2. The molecule has 1 saturated heterocycles. The van der Waals surface area contributed by atoms with Gasteiger partial charge in [-0.1, -0.05) is 0 Å². The van der Waals surface area contributed by atoms with Gasteiger partial charge in [-0.05, 0) is 49.9 Å². The lowest BCUT2D eigenvalue weighted by molar-refractivity contribution is -0.117. The number of likely N-dealkylation sites (N-methyl/N-ethyl adjacent to an activating group) is 1. The summed E-state index contributed by atoms with van der Waals surface area (Å²) in [5.74, 6) is 0.236. The van der Waals surface area contributed by atoms with Crippen LogP contribution in [0.1, 0.15) is 42.1 Å². The molecular formula is C16H20N2O2. The molecule has 2 aliphatic heterocycles. The number of likely N-dealkylation sites (tertiary alicyclic amines) is 1. The van der Waals surface area contributed by atoms with E-state index in [1.165, 1.54) is 6.42 Å². The fourth-order valence-electron chi connectivity index (χ4n) is 3.14. The van der Waals surface area contributed by atoms with Crippen LogP contribution in [0.3, 0.4) is 0 Å². The summed E-state index contributed by atoms with van der Waals surface area (Å²) in [4.78, 5) is 28.0. The Morgan fingerprint density at radius 1 is 1.20 bits per heavy atom. The van der Waals surface area contributed by atoms with Crippen LogP contribution < -0.4 is 4.90 Å². The van der Waals surface area contributed by atoms with Gasteiger partial charge in [0.15, 0.2) is 0 Å². The summed E-state index contributed by atoms with van der Waals surface area (Å²) in [6.45, 7) is 4.37. The number of hydrogen-bond donors (Lipinski definition) is 0. The lowest BCUT2D eigenvalue weighted by Crippen LogP contribution is -2.35. The molecule has 2 aliphatic rings. The average Bonchev–Trinajstić information content (AvgIpc) is 2.81. The Morgan fingerprint density at radius 3 is 2.65 bits per heavy atom. The van der Waals surface area contributed by atoms with Crippen LogP contribution in [0.25, 0.3) is 0 Å². The molecule has 1 aromatic carbocycles. The van der Waals surface area contributed by atoms with Gasteiger partial charge in [0, 0.05) is 30.9 Å². The molecule has 4 nitrogen and oxygen atoms in total. The Bertz CT molecular complexity index is 547. The maximum absolute atomic E-state index is 12.5. The maximum atomic E-state index is 12.5. The van der Waals surface area contributed by atoms with Crippen molar-refractivity contribution in [1.82, 2.24) is 4.90 Å². The van der Waals surface area contributed by atoms with Gasteiger partial charge in [-0.2, -0.15) is 0 Å². The van der Waals surface area contributed by atoms with Crippen LogP contribution in [0.5, 0.6) is 0 Å². The highest BCUT2D eigenvalue weighted by molar-refractivity contribution is 6.03. The molecule has 106 valence electrons. The van der Waals surface area contributed by atoms with Crippen molar-refractivity contribution in [2.45, 2.75) is 32.6 Å². The zero-order valence-corrected chi connectivity index (χ0v) is 11.9. The maximum Gasteiger partial charge on any atom is 0.253 e. The van der Waals surface area contributed by atoms with Crippen molar-refractivity contribution in [2.75, 3.05) is 24.5 Å². The molecule has 0 atom stereocenters. The Hall–Kier alpha value is -1.84. The van der Waals surface area contributed by atoms with E-state index in [-0.39, 0.29) is 11.8 Å². The zero-order chi connectivity index (χ0) is 14.1. The Morgan fingerprint density at radius 2 is 1.95 bits per heavy atom. The van der Waals surface area contributed by atoms with Crippen molar-refractivity contribution >= 4 is 17.5 Å².